The fourth-order valence-electron chi connectivity index (χ4n) is 10.3. The van der Waals surface area contributed by atoms with Crippen molar-refractivity contribution in [1.29, 1.82) is 0 Å². The number of unbranched alkanes of at least 4 members (excludes halogenated alkanes) is 2. The van der Waals surface area contributed by atoms with Crippen molar-refractivity contribution in [2.24, 2.45) is 11.8 Å². The molecule has 2 aliphatic heterocycles. The van der Waals surface area contributed by atoms with Crippen LogP contribution in [0.5, 0.6) is 0 Å². The van der Waals surface area contributed by atoms with Gasteiger partial charge >= 0.3 is 0 Å². The third-order valence-corrected chi connectivity index (χ3v) is 13.5. The highest BCUT2D eigenvalue weighted by atomic mass is 16.7. The van der Waals surface area contributed by atoms with Crippen molar-refractivity contribution >= 4 is 17.8 Å². The molecule has 0 bridgehead atoms. The number of nitrogens with zero attached hydrogens (tertiary/aromatic N) is 5. The van der Waals surface area contributed by atoms with E-state index in [-0.39, 0.29) is 28.8 Å². The summed E-state index contributed by atoms with van der Waals surface area (Å²) in [5, 5.41) is 24.3. The van der Waals surface area contributed by atoms with E-state index in [0.29, 0.717) is 48.4 Å². The molecule has 1 aromatic rings. The largest absolute Gasteiger partial charge is 0.395 e. The number of hydroxylamine groups is 4. The SMILES string of the molecule is CC1(C)CCC(CCCCNc2nc(NCCO)nc(NCCCCC3CCC(C)(C)N(OC4CCCCC4)C3(C)C)n2)C(C)(C)N1OC1CCCCC1. The molecule has 11 nitrogen and oxygen atoms in total. The molecule has 4 fully saturated rings. The maximum absolute atomic E-state index is 9.42. The molecule has 2 atom stereocenters. The van der Waals surface area contributed by atoms with Crippen LogP contribution in [0.25, 0.3) is 0 Å². The molecule has 310 valence electrons. The van der Waals surface area contributed by atoms with Crippen LogP contribution in [-0.4, -0.2) is 90.8 Å². The molecule has 11 heteroatoms. The molecule has 2 unspecified atom stereocenters. The van der Waals surface area contributed by atoms with E-state index >= 15 is 0 Å². The van der Waals surface area contributed by atoms with E-state index in [1.807, 2.05) is 0 Å². The average molecular weight is 757 g/mol. The van der Waals surface area contributed by atoms with E-state index in [4.69, 9.17) is 14.7 Å². The van der Waals surface area contributed by atoms with Gasteiger partial charge in [0.05, 0.1) is 18.8 Å². The zero-order chi connectivity index (χ0) is 38.8. The third kappa shape index (κ3) is 11.6. The van der Waals surface area contributed by atoms with Crippen LogP contribution in [0.2, 0.25) is 0 Å². The molecule has 0 radical (unpaired) electrons. The van der Waals surface area contributed by atoms with Gasteiger partial charge in [0.15, 0.2) is 0 Å². The highest BCUT2D eigenvalue weighted by Gasteiger charge is 2.50. The summed E-state index contributed by atoms with van der Waals surface area (Å²) in [7, 11) is 0. The van der Waals surface area contributed by atoms with Gasteiger partial charge in [0.1, 0.15) is 0 Å². The second-order valence-electron chi connectivity index (χ2n) is 19.5. The van der Waals surface area contributed by atoms with Crippen LogP contribution in [0.3, 0.4) is 0 Å². The van der Waals surface area contributed by atoms with Gasteiger partial charge < -0.3 is 21.1 Å². The monoisotopic (exact) mass is 757 g/mol. The van der Waals surface area contributed by atoms with Gasteiger partial charge in [-0.1, -0.05) is 51.4 Å². The minimum absolute atomic E-state index is 0.00149. The molecule has 3 heterocycles. The highest BCUT2D eigenvalue weighted by Crippen LogP contribution is 2.46. The van der Waals surface area contributed by atoms with Crippen molar-refractivity contribution in [3.63, 3.8) is 0 Å². The molecule has 1 aromatic heterocycles. The van der Waals surface area contributed by atoms with Crippen LogP contribution in [0, 0.1) is 11.8 Å². The lowest BCUT2D eigenvalue weighted by Crippen LogP contribution is -2.63. The Morgan fingerprint density at radius 2 is 0.907 bits per heavy atom. The van der Waals surface area contributed by atoms with E-state index < -0.39 is 0 Å². The van der Waals surface area contributed by atoms with Gasteiger partial charge in [-0.3, -0.25) is 9.68 Å². The van der Waals surface area contributed by atoms with Gasteiger partial charge in [-0.05, 0) is 144 Å². The minimum atomic E-state index is 0.00149. The van der Waals surface area contributed by atoms with Gasteiger partial charge in [0.2, 0.25) is 17.8 Å². The van der Waals surface area contributed by atoms with E-state index in [9.17, 15) is 5.11 Å². The number of aromatic nitrogens is 3. The lowest BCUT2D eigenvalue weighted by molar-refractivity contribution is -0.320. The Bertz CT molecular complexity index is 1170. The number of hydrogen-bond donors (Lipinski definition) is 4. The van der Waals surface area contributed by atoms with Gasteiger partial charge in [-0.2, -0.15) is 25.1 Å². The number of aliphatic hydroxyl groups excluding tert-OH is 1. The lowest BCUT2D eigenvalue weighted by Gasteiger charge is -2.56. The summed E-state index contributed by atoms with van der Waals surface area (Å²) in [5.74, 6) is 2.83. The summed E-state index contributed by atoms with van der Waals surface area (Å²) < 4.78 is 0. The summed E-state index contributed by atoms with van der Waals surface area (Å²) in [6.07, 6.45) is 24.9. The molecule has 4 aliphatic rings. The van der Waals surface area contributed by atoms with Crippen molar-refractivity contribution in [2.75, 3.05) is 42.2 Å². The molecule has 54 heavy (non-hydrogen) atoms. The molecule has 4 N–H and O–H groups in total. The predicted molar refractivity (Wildman–Crippen MR) is 221 cm³/mol. The number of piperidine rings is 2. The number of hydrogen-bond acceptors (Lipinski definition) is 11. The first-order valence-electron chi connectivity index (χ1n) is 22.2. The van der Waals surface area contributed by atoms with E-state index in [2.05, 4.69) is 91.4 Å². The van der Waals surface area contributed by atoms with Crippen LogP contribution >= 0.6 is 0 Å². The predicted octanol–water partition coefficient (Wildman–Crippen LogP) is 9.51. The van der Waals surface area contributed by atoms with Crippen molar-refractivity contribution in [2.45, 2.75) is 218 Å². The Balaban J connectivity index is 1.07. The summed E-state index contributed by atoms with van der Waals surface area (Å²) in [4.78, 5) is 27.6. The topological polar surface area (TPSA) is 120 Å². The van der Waals surface area contributed by atoms with Crippen molar-refractivity contribution < 1.29 is 14.8 Å². The molecule has 5 rings (SSSR count). The van der Waals surface area contributed by atoms with E-state index in [1.165, 1.54) is 103 Å². The Morgan fingerprint density at radius 1 is 0.537 bits per heavy atom. The maximum atomic E-state index is 9.42. The normalized spacial score (nSPS) is 26.4. The second kappa shape index (κ2) is 19.6. The smallest absolute Gasteiger partial charge is 0.229 e. The van der Waals surface area contributed by atoms with E-state index in [0.717, 1.165) is 38.8 Å². The molecule has 0 aromatic carbocycles. The summed E-state index contributed by atoms with van der Waals surface area (Å²) in [6.45, 7) is 21.1. The molecule has 2 saturated carbocycles. The minimum Gasteiger partial charge on any atom is -0.395 e. The maximum Gasteiger partial charge on any atom is 0.229 e. The van der Waals surface area contributed by atoms with Crippen molar-refractivity contribution in [3.8, 4) is 0 Å². The van der Waals surface area contributed by atoms with Crippen molar-refractivity contribution in [1.82, 2.24) is 25.1 Å². The average Bonchev–Trinajstić information content (AvgIpc) is 3.13. The number of anilines is 3. The van der Waals surface area contributed by atoms with Gasteiger partial charge in [0.25, 0.3) is 0 Å². The number of aliphatic hydroxyl groups is 1. The first kappa shape index (κ1) is 43.3. The number of rotatable bonds is 19. The lowest BCUT2D eigenvalue weighted by atomic mass is 9.72. The zero-order valence-corrected chi connectivity index (χ0v) is 35.8. The van der Waals surface area contributed by atoms with Crippen LogP contribution in [0.15, 0.2) is 0 Å². The fraction of sp³-hybridized carbons (Fsp3) is 0.930. The Kier molecular flexibility index (Phi) is 15.7. The standard InChI is InChI=1S/C43H80N8O3/c1-40(2)27-25-33(42(5,6)50(40)53-35-21-11-9-12-22-35)19-15-17-29-44-37-47-38(49-39(48-37)46-31-32-52)45-30-18-16-20-34-26-28-41(3,4)51(43(34,7)8)54-36-23-13-10-14-24-36/h33-36,52H,9-32H2,1-8H3,(H3,44,45,46,47,48,49). The Labute approximate surface area is 329 Å². The third-order valence-electron chi connectivity index (χ3n) is 13.5. The van der Waals surface area contributed by atoms with Gasteiger partial charge in [0, 0.05) is 41.8 Å². The van der Waals surface area contributed by atoms with E-state index in [1.54, 1.807) is 0 Å². The fourth-order valence-corrected chi connectivity index (χ4v) is 10.3. The van der Waals surface area contributed by atoms with Crippen molar-refractivity contribution in [3.05, 3.63) is 0 Å². The highest BCUT2D eigenvalue weighted by molar-refractivity contribution is 5.42. The first-order valence-corrected chi connectivity index (χ1v) is 22.2. The summed E-state index contributed by atoms with van der Waals surface area (Å²) >= 11 is 0. The van der Waals surface area contributed by atoms with Crippen LogP contribution < -0.4 is 16.0 Å². The molecule has 0 spiro atoms. The molecular weight excluding hydrogens is 677 g/mol. The zero-order valence-electron chi connectivity index (χ0n) is 35.8. The van der Waals surface area contributed by atoms with Crippen LogP contribution in [0.4, 0.5) is 17.8 Å². The molecular formula is C43H80N8O3. The Morgan fingerprint density at radius 3 is 1.28 bits per heavy atom. The van der Waals surface area contributed by atoms with Gasteiger partial charge in [-0.25, -0.2) is 0 Å². The molecule has 0 amide bonds. The number of nitrogens with one attached hydrogen (secondary N) is 3. The summed E-state index contributed by atoms with van der Waals surface area (Å²) in [5.41, 5.74) is 0.114. The Hall–Kier alpha value is -1.79. The quantitative estimate of drug-likeness (QED) is 0.101. The molecule has 2 aliphatic carbocycles. The molecule has 2 saturated heterocycles. The van der Waals surface area contributed by atoms with Gasteiger partial charge in [-0.15, -0.1) is 0 Å². The second-order valence-corrected chi connectivity index (χ2v) is 19.5. The first-order chi connectivity index (χ1) is 25.7. The van der Waals surface area contributed by atoms with Crippen LogP contribution in [-0.2, 0) is 9.68 Å². The summed E-state index contributed by atoms with van der Waals surface area (Å²) in [6, 6.07) is 0. The van der Waals surface area contributed by atoms with Crippen LogP contribution in [0.1, 0.15) is 184 Å².